The van der Waals surface area contributed by atoms with Crippen molar-refractivity contribution in [1.82, 2.24) is 5.32 Å². The van der Waals surface area contributed by atoms with Crippen molar-refractivity contribution in [1.29, 1.82) is 0 Å². The average molecular weight is 449 g/mol. The van der Waals surface area contributed by atoms with E-state index >= 15 is 0 Å². The number of amides is 3. The van der Waals surface area contributed by atoms with Gasteiger partial charge in [-0.1, -0.05) is 24.3 Å². The van der Waals surface area contributed by atoms with Gasteiger partial charge in [0, 0.05) is 25.2 Å². The number of anilines is 2. The Labute approximate surface area is 189 Å². The van der Waals surface area contributed by atoms with Gasteiger partial charge in [-0.05, 0) is 54.1 Å². The molecule has 1 atom stereocenters. The van der Waals surface area contributed by atoms with Crippen molar-refractivity contribution in [3.63, 3.8) is 0 Å². The molecule has 6 nitrogen and oxygen atoms in total. The van der Waals surface area contributed by atoms with Crippen molar-refractivity contribution >= 4 is 29.1 Å². The Morgan fingerprint density at radius 2 is 1.55 bits per heavy atom. The predicted molar refractivity (Wildman–Crippen MR) is 120 cm³/mol. The van der Waals surface area contributed by atoms with Crippen molar-refractivity contribution in [2.75, 3.05) is 16.8 Å². The summed E-state index contributed by atoms with van der Waals surface area (Å²) in [5, 5.41) is 5.50. The summed E-state index contributed by atoms with van der Waals surface area (Å²) in [5.41, 5.74) is 1.85. The number of carbonyl (C=O) groups is 3. The number of benzene rings is 3. The molecule has 3 aromatic rings. The molecule has 0 unspecified atom stereocenters. The lowest BCUT2D eigenvalue weighted by Crippen LogP contribution is -2.29. The number of hydrogen-bond acceptors (Lipinski definition) is 3. The van der Waals surface area contributed by atoms with Crippen LogP contribution in [-0.4, -0.2) is 24.3 Å². The van der Waals surface area contributed by atoms with Crippen LogP contribution < -0.4 is 15.5 Å². The second-order valence-corrected chi connectivity index (χ2v) is 7.73. The van der Waals surface area contributed by atoms with Crippen LogP contribution in [0.2, 0.25) is 0 Å². The van der Waals surface area contributed by atoms with Gasteiger partial charge in [-0.2, -0.15) is 0 Å². The molecule has 0 saturated carbocycles. The Morgan fingerprint density at radius 1 is 0.909 bits per heavy atom. The summed E-state index contributed by atoms with van der Waals surface area (Å²) in [6, 6.07) is 17.9. The molecule has 3 amide bonds. The monoisotopic (exact) mass is 449 g/mol. The van der Waals surface area contributed by atoms with Gasteiger partial charge >= 0.3 is 0 Å². The maximum atomic E-state index is 13.2. The molecule has 1 saturated heterocycles. The first-order chi connectivity index (χ1) is 15.9. The van der Waals surface area contributed by atoms with Crippen molar-refractivity contribution in [2.24, 2.45) is 5.92 Å². The third-order valence-corrected chi connectivity index (χ3v) is 5.43. The van der Waals surface area contributed by atoms with Gasteiger partial charge in [-0.3, -0.25) is 14.4 Å². The van der Waals surface area contributed by atoms with Gasteiger partial charge in [0.1, 0.15) is 11.6 Å². The predicted octanol–water partition coefficient (Wildman–Crippen LogP) is 3.89. The number of nitrogens with zero attached hydrogens (tertiary/aromatic N) is 1. The van der Waals surface area contributed by atoms with Crippen LogP contribution in [0.4, 0.5) is 20.2 Å². The zero-order valence-corrected chi connectivity index (χ0v) is 17.6. The zero-order chi connectivity index (χ0) is 23.4. The lowest BCUT2D eigenvalue weighted by Gasteiger charge is -2.17. The Bertz CT molecular complexity index is 1180. The first kappa shape index (κ1) is 22.1. The fourth-order valence-corrected chi connectivity index (χ4v) is 3.66. The maximum absolute atomic E-state index is 13.2. The van der Waals surface area contributed by atoms with Crippen LogP contribution >= 0.6 is 0 Å². The molecule has 0 radical (unpaired) electrons. The highest BCUT2D eigenvalue weighted by atomic mass is 19.1. The van der Waals surface area contributed by atoms with E-state index in [-0.39, 0.29) is 42.7 Å². The molecule has 8 heteroatoms. The van der Waals surface area contributed by atoms with Crippen molar-refractivity contribution < 1.29 is 23.2 Å². The highest BCUT2D eigenvalue weighted by Crippen LogP contribution is 2.27. The first-order valence-electron chi connectivity index (χ1n) is 10.4. The zero-order valence-electron chi connectivity index (χ0n) is 17.6. The van der Waals surface area contributed by atoms with E-state index in [1.54, 1.807) is 36.4 Å². The van der Waals surface area contributed by atoms with E-state index in [0.717, 1.165) is 5.56 Å². The van der Waals surface area contributed by atoms with Crippen molar-refractivity contribution in [3.8, 4) is 0 Å². The standard InChI is InChI=1S/C25H21F2N3O3/c26-18-7-5-16(6-8-18)14-28-25(33)21-3-1-2-4-22(21)29-24(32)17-13-23(31)30(15-17)20-11-9-19(27)10-12-20/h1-12,17H,13-15H2,(H,28,33)(H,29,32)/t17-/m1/s1. The van der Waals surface area contributed by atoms with Crippen LogP contribution in [0.3, 0.4) is 0 Å². The molecule has 0 bridgehead atoms. The van der Waals surface area contributed by atoms with Gasteiger partial charge in [0.25, 0.3) is 5.91 Å². The highest BCUT2D eigenvalue weighted by molar-refractivity contribution is 6.07. The van der Waals surface area contributed by atoms with E-state index in [0.29, 0.717) is 11.4 Å². The van der Waals surface area contributed by atoms with Crippen LogP contribution in [0.1, 0.15) is 22.3 Å². The Kier molecular flexibility index (Phi) is 6.44. The minimum Gasteiger partial charge on any atom is -0.348 e. The summed E-state index contributed by atoms with van der Waals surface area (Å²) in [6.07, 6.45) is 0.0160. The normalized spacial score (nSPS) is 15.4. The molecule has 4 rings (SSSR count). The summed E-state index contributed by atoms with van der Waals surface area (Å²) in [6.45, 7) is 0.361. The molecule has 0 aliphatic carbocycles. The molecule has 33 heavy (non-hydrogen) atoms. The molecule has 168 valence electrons. The Balaban J connectivity index is 1.41. The summed E-state index contributed by atoms with van der Waals surface area (Å²) in [5.74, 6) is -2.39. The molecule has 1 heterocycles. The number of rotatable bonds is 6. The van der Waals surface area contributed by atoms with Gasteiger partial charge in [0.05, 0.1) is 17.2 Å². The van der Waals surface area contributed by atoms with E-state index in [4.69, 9.17) is 0 Å². The average Bonchev–Trinajstić information content (AvgIpc) is 3.21. The summed E-state index contributed by atoms with van der Waals surface area (Å²) in [7, 11) is 0. The number of para-hydroxylation sites is 1. The van der Waals surface area contributed by atoms with Crippen LogP contribution in [0.5, 0.6) is 0 Å². The number of halogens is 2. The quantitative estimate of drug-likeness (QED) is 0.600. The van der Waals surface area contributed by atoms with Gasteiger partial charge in [-0.25, -0.2) is 8.78 Å². The minimum absolute atomic E-state index is 0.0160. The molecule has 1 aliphatic heterocycles. The summed E-state index contributed by atoms with van der Waals surface area (Å²) < 4.78 is 26.2. The van der Waals surface area contributed by atoms with Crippen LogP contribution in [0, 0.1) is 17.6 Å². The molecule has 1 fully saturated rings. The molecular weight excluding hydrogens is 428 g/mol. The SMILES string of the molecule is O=C(NCc1ccc(F)cc1)c1ccccc1NC(=O)[C@@H]1CC(=O)N(c2ccc(F)cc2)C1. The number of carbonyl (C=O) groups excluding carboxylic acids is 3. The van der Waals surface area contributed by atoms with Gasteiger partial charge in [-0.15, -0.1) is 0 Å². The third-order valence-electron chi connectivity index (χ3n) is 5.43. The lowest BCUT2D eigenvalue weighted by atomic mass is 10.1. The van der Waals surface area contributed by atoms with E-state index in [9.17, 15) is 23.2 Å². The second-order valence-electron chi connectivity index (χ2n) is 7.73. The smallest absolute Gasteiger partial charge is 0.253 e. The molecule has 1 aliphatic rings. The van der Waals surface area contributed by atoms with Crippen molar-refractivity contribution in [2.45, 2.75) is 13.0 Å². The minimum atomic E-state index is -0.613. The highest BCUT2D eigenvalue weighted by Gasteiger charge is 2.35. The summed E-state index contributed by atoms with van der Waals surface area (Å²) in [4.78, 5) is 39.4. The van der Waals surface area contributed by atoms with Gasteiger partial charge in [0.15, 0.2) is 0 Å². The van der Waals surface area contributed by atoms with Crippen LogP contribution in [0.15, 0.2) is 72.8 Å². The molecule has 0 aromatic heterocycles. The van der Waals surface area contributed by atoms with Crippen LogP contribution in [-0.2, 0) is 16.1 Å². The van der Waals surface area contributed by atoms with E-state index in [1.165, 1.54) is 41.3 Å². The number of nitrogens with one attached hydrogen (secondary N) is 2. The fraction of sp³-hybridized carbons (Fsp3) is 0.160. The van der Waals surface area contributed by atoms with E-state index in [2.05, 4.69) is 10.6 Å². The summed E-state index contributed by atoms with van der Waals surface area (Å²) >= 11 is 0. The van der Waals surface area contributed by atoms with Crippen molar-refractivity contribution in [3.05, 3.63) is 95.6 Å². The molecule has 0 spiro atoms. The lowest BCUT2D eigenvalue weighted by molar-refractivity contribution is -0.122. The first-order valence-corrected chi connectivity index (χ1v) is 10.4. The topological polar surface area (TPSA) is 78.5 Å². The van der Waals surface area contributed by atoms with Gasteiger partial charge < -0.3 is 15.5 Å². The van der Waals surface area contributed by atoms with E-state index in [1.807, 2.05) is 0 Å². The third kappa shape index (κ3) is 5.23. The molecule has 3 aromatic carbocycles. The van der Waals surface area contributed by atoms with Gasteiger partial charge in [0.2, 0.25) is 11.8 Å². The second kappa shape index (κ2) is 9.60. The fourth-order valence-electron chi connectivity index (χ4n) is 3.66. The Hall–Kier alpha value is -4.07. The maximum Gasteiger partial charge on any atom is 0.253 e. The largest absolute Gasteiger partial charge is 0.348 e. The molecule has 2 N–H and O–H groups in total. The van der Waals surface area contributed by atoms with E-state index < -0.39 is 17.6 Å². The van der Waals surface area contributed by atoms with Crippen LogP contribution in [0.25, 0.3) is 0 Å². The molecular formula is C25H21F2N3O3. The number of hydrogen-bond donors (Lipinski definition) is 2. The Morgan fingerprint density at radius 3 is 2.24 bits per heavy atom.